The molecule has 1 aliphatic rings. The van der Waals surface area contributed by atoms with Crippen molar-refractivity contribution in [3.63, 3.8) is 0 Å². The van der Waals surface area contributed by atoms with E-state index >= 15 is 0 Å². The van der Waals surface area contributed by atoms with Gasteiger partial charge in [0.05, 0.1) is 11.7 Å². The van der Waals surface area contributed by atoms with Gasteiger partial charge in [-0.3, -0.25) is 4.68 Å². The molecule has 0 aromatic carbocycles. The molecule has 3 nitrogen and oxygen atoms in total. The maximum atomic E-state index is 4.81. The molecule has 19 heavy (non-hydrogen) atoms. The Bertz CT molecular complexity index is 362. The minimum absolute atomic E-state index is 0.557. The largest absolute Gasteiger partial charge is 0.316 e. The fourth-order valence-corrected chi connectivity index (χ4v) is 3.45. The second-order valence-electron chi connectivity index (χ2n) is 5.90. The molecular weight excluding hydrogens is 234 g/mol. The summed E-state index contributed by atoms with van der Waals surface area (Å²) in [6.07, 6.45) is 11.1. The van der Waals surface area contributed by atoms with E-state index in [1.54, 1.807) is 0 Å². The highest BCUT2D eigenvalue weighted by atomic mass is 15.3. The van der Waals surface area contributed by atoms with Crippen LogP contribution in [0, 0.1) is 5.92 Å². The van der Waals surface area contributed by atoms with Crippen molar-refractivity contribution in [2.24, 2.45) is 5.92 Å². The van der Waals surface area contributed by atoms with Gasteiger partial charge in [0, 0.05) is 18.7 Å². The fraction of sp³-hybridized carbons (Fsp3) is 0.812. The van der Waals surface area contributed by atoms with Gasteiger partial charge in [-0.25, -0.2) is 0 Å². The molecule has 0 saturated heterocycles. The first kappa shape index (κ1) is 14.6. The highest BCUT2D eigenvalue weighted by Gasteiger charge is 2.20. The van der Waals surface area contributed by atoms with Gasteiger partial charge in [0.15, 0.2) is 0 Å². The minimum atomic E-state index is 0.557. The first-order valence-electron chi connectivity index (χ1n) is 7.99. The first-order valence-corrected chi connectivity index (χ1v) is 7.99. The van der Waals surface area contributed by atoms with Crippen molar-refractivity contribution < 1.29 is 0 Å². The lowest BCUT2D eigenvalue weighted by atomic mass is 9.91. The number of nitrogens with zero attached hydrogens (tertiary/aromatic N) is 2. The van der Waals surface area contributed by atoms with E-state index in [0.29, 0.717) is 12.1 Å². The van der Waals surface area contributed by atoms with E-state index in [0.717, 1.165) is 12.3 Å². The van der Waals surface area contributed by atoms with Gasteiger partial charge in [-0.05, 0) is 31.9 Å². The first-order chi connectivity index (χ1) is 9.28. The van der Waals surface area contributed by atoms with Crippen molar-refractivity contribution in [2.75, 3.05) is 7.05 Å². The van der Waals surface area contributed by atoms with Crippen molar-refractivity contribution in [1.82, 2.24) is 15.1 Å². The van der Waals surface area contributed by atoms with E-state index in [-0.39, 0.29) is 0 Å². The summed E-state index contributed by atoms with van der Waals surface area (Å²) < 4.78 is 2.21. The zero-order valence-electron chi connectivity index (χ0n) is 12.7. The van der Waals surface area contributed by atoms with Crippen LogP contribution in [0.2, 0.25) is 0 Å². The number of nitrogens with one attached hydrogen (secondary N) is 1. The maximum absolute atomic E-state index is 4.81. The van der Waals surface area contributed by atoms with Crippen LogP contribution in [0.4, 0.5) is 0 Å². The standard InChI is InChI=1S/C16H29N3/c1-4-13(5-2)16(17-3)12-14-10-11-19(18-14)15-8-6-7-9-15/h10-11,13,15-17H,4-9,12H2,1-3H3. The van der Waals surface area contributed by atoms with Crippen molar-refractivity contribution in [3.8, 4) is 0 Å². The smallest absolute Gasteiger partial charge is 0.0640 e. The third-order valence-corrected chi connectivity index (χ3v) is 4.78. The number of likely N-dealkylation sites (N-methyl/N-ethyl adjacent to an activating group) is 1. The molecule has 0 aliphatic heterocycles. The summed E-state index contributed by atoms with van der Waals surface area (Å²) in [7, 11) is 2.08. The summed E-state index contributed by atoms with van der Waals surface area (Å²) in [6.45, 7) is 4.57. The lowest BCUT2D eigenvalue weighted by Gasteiger charge is -2.24. The topological polar surface area (TPSA) is 29.9 Å². The highest BCUT2D eigenvalue weighted by molar-refractivity contribution is 5.03. The van der Waals surface area contributed by atoms with Crippen LogP contribution in [0.25, 0.3) is 0 Å². The molecule has 0 amide bonds. The summed E-state index contributed by atoms with van der Waals surface area (Å²) in [5.74, 6) is 0.752. The van der Waals surface area contributed by atoms with Gasteiger partial charge < -0.3 is 5.32 Å². The molecule has 1 aliphatic carbocycles. The molecule has 0 bridgehead atoms. The molecule has 1 heterocycles. The monoisotopic (exact) mass is 263 g/mol. The summed E-state index contributed by atoms with van der Waals surface area (Å²) >= 11 is 0. The Balaban J connectivity index is 1.97. The van der Waals surface area contributed by atoms with Crippen molar-refractivity contribution in [1.29, 1.82) is 0 Å². The van der Waals surface area contributed by atoms with E-state index in [2.05, 4.69) is 43.2 Å². The number of hydrogen-bond donors (Lipinski definition) is 1. The molecule has 1 atom stereocenters. The average molecular weight is 263 g/mol. The zero-order valence-corrected chi connectivity index (χ0v) is 12.7. The van der Waals surface area contributed by atoms with Gasteiger partial charge >= 0.3 is 0 Å². The predicted octanol–water partition coefficient (Wildman–Crippen LogP) is 3.56. The van der Waals surface area contributed by atoms with E-state index in [1.807, 2.05) is 0 Å². The molecule has 108 valence electrons. The molecule has 1 saturated carbocycles. The van der Waals surface area contributed by atoms with Crippen LogP contribution < -0.4 is 5.32 Å². The zero-order chi connectivity index (χ0) is 13.7. The Morgan fingerprint density at radius 1 is 1.32 bits per heavy atom. The second kappa shape index (κ2) is 7.09. The van der Waals surface area contributed by atoms with Crippen molar-refractivity contribution >= 4 is 0 Å². The summed E-state index contributed by atoms with van der Waals surface area (Å²) in [4.78, 5) is 0. The van der Waals surface area contributed by atoms with Gasteiger partial charge in [0.1, 0.15) is 0 Å². The van der Waals surface area contributed by atoms with E-state index in [1.165, 1.54) is 44.2 Å². The van der Waals surface area contributed by atoms with Crippen LogP contribution in [0.5, 0.6) is 0 Å². The third kappa shape index (κ3) is 3.59. The quantitative estimate of drug-likeness (QED) is 0.815. The molecule has 1 unspecified atom stereocenters. The molecule has 1 aromatic rings. The normalized spacial score (nSPS) is 18.3. The molecule has 1 fully saturated rings. The summed E-state index contributed by atoms with van der Waals surface area (Å²) in [5.41, 5.74) is 1.25. The lowest BCUT2D eigenvalue weighted by molar-refractivity contribution is 0.345. The Morgan fingerprint density at radius 3 is 2.58 bits per heavy atom. The predicted molar refractivity (Wildman–Crippen MR) is 80.4 cm³/mol. The van der Waals surface area contributed by atoms with Crippen LogP contribution in [-0.4, -0.2) is 22.9 Å². The Morgan fingerprint density at radius 2 is 2.00 bits per heavy atom. The van der Waals surface area contributed by atoms with Gasteiger partial charge in [0.2, 0.25) is 0 Å². The molecular formula is C16H29N3. The van der Waals surface area contributed by atoms with E-state index < -0.39 is 0 Å². The summed E-state index contributed by atoms with van der Waals surface area (Å²) in [5, 5.41) is 8.29. The third-order valence-electron chi connectivity index (χ3n) is 4.78. The van der Waals surface area contributed by atoms with Crippen LogP contribution >= 0.6 is 0 Å². The Hall–Kier alpha value is -0.830. The summed E-state index contributed by atoms with van der Waals surface area (Å²) in [6, 6.07) is 3.43. The molecule has 2 rings (SSSR count). The van der Waals surface area contributed by atoms with Crippen molar-refractivity contribution in [2.45, 2.75) is 70.9 Å². The fourth-order valence-electron chi connectivity index (χ4n) is 3.45. The number of rotatable bonds is 7. The second-order valence-corrected chi connectivity index (χ2v) is 5.90. The van der Waals surface area contributed by atoms with Gasteiger partial charge in [-0.1, -0.05) is 39.5 Å². The van der Waals surface area contributed by atoms with Gasteiger partial charge in [-0.15, -0.1) is 0 Å². The van der Waals surface area contributed by atoms with Crippen LogP contribution in [0.15, 0.2) is 12.3 Å². The lowest BCUT2D eigenvalue weighted by Crippen LogP contribution is -2.35. The molecule has 3 heteroatoms. The highest BCUT2D eigenvalue weighted by Crippen LogP contribution is 2.29. The van der Waals surface area contributed by atoms with Crippen molar-refractivity contribution in [3.05, 3.63) is 18.0 Å². The van der Waals surface area contributed by atoms with Gasteiger partial charge in [-0.2, -0.15) is 5.10 Å². The SMILES string of the molecule is CCC(CC)C(Cc1ccn(C2CCCC2)n1)NC. The average Bonchev–Trinajstić information content (AvgIpc) is 3.09. The van der Waals surface area contributed by atoms with E-state index in [9.17, 15) is 0 Å². The Kier molecular flexibility index (Phi) is 5.44. The van der Waals surface area contributed by atoms with Crippen LogP contribution in [0.3, 0.4) is 0 Å². The molecule has 0 radical (unpaired) electrons. The molecule has 1 N–H and O–H groups in total. The Labute approximate surface area is 117 Å². The maximum Gasteiger partial charge on any atom is 0.0640 e. The number of aromatic nitrogens is 2. The van der Waals surface area contributed by atoms with Crippen LogP contribution in [-0.2, 0) is 6.42 Å². The molecule has 1 aromatic heterocycles. The van der Waals surface area contributed by atoms with Crippen LogP contribution in [0.1, 0.15) is 64.1 Å². The van der Waals surface area contributed by atoms with Gasteiger partial charge in [0.25, 0.3) is 0 Å². The molecule has 0 spiro atoms. The number of hydrogen-bond acceptors (Lipinski definition) is 2. The van der Waals surface area contributed by atoms with E-state index in [4.69, 9.17) is 5.10 Å². The minimum Gasteiger partial charge on any atom is -0.316 e.